The number of piperidine rings is 2. The average Bonchev–Trinajstić information content (AvgIpc) is 2.88. The molecule has 3 aliphatic rings. The molecule has 2 aliphatic heterocycles. The van der Waals surface area contributed by atoms with Crippen LogP contribution in [0, 0.1) is 5.92 Å². The zero-order valence-electron chi connectivity index (χ0n) is 14.6. The molecule has 0 saturated carbocycles. The molecule has 1 aromatic rings. The molecule has 1 amide bonds. The summed E-state index contributed by atoms with van der Waals surface area (Å²) in [5.74, 6) is 0.642. The van der Waals surface area contributed by atoms with Crippen LogP contribution in [0.5, 0.6) is 0 Å². The first-order valence-corrected chi connectivity index (χ1v) is 9.91. The van der Waals surface area contributed by atoms with Gasteiger partial charge in [0.1, 0.15) is 0 Å². The van der Waals surface area contributed by atoms with Gasteiger partial charge in [0.25, 0.3) is 5.91 Å². The molecule has 1 aromatic heterocycles. The maximum atomic E-state index is 12.7. The predicted octanol–water partition coefficient (Wildman–Crippen LogP) is 2.67. The van der Waals surface area contributed by atoms with Gasteiger partial charge >= 0.3 is 0 Å². The number of aromatic nitrogens is 2. The van der Waals surface area contributed by atoms with E-state index < -0.39 is 0 Å². The predicted molar refractivity (Wildman–Crippen MR) is 94.1 cm³/mol. The first-order chi connectivity index (χ1) is 11.8. The Balaban J connectivity index is 1.39. The van der Waals surface area contributed by atoms with Crippen LogP contribution in [0.2, 0.25) is 0 Å². The Bertz CT molecular complexity index is 580. The Kier molecular flexibility index (Phi) is 4.88. The summed E-state index contributed by atoms with van der Waals surface area (Å²) in [6, 6.07) is 0.684. The quantitative estimate of drug-likeness (QED) is 0.838. The van der Waals surface area contributed by atoms with E-state index in [9.17, 15) is 4.79 Å². The highest BCUT2D eigenvalue weighted by Crippen LogP contribution is 2.30. The van der Waals surface area contributed by atoms with E-state index in [0.29, 0.717) is 17.7 Å². The Morgan fingerprint density at radius 2 is 1.96 bits per heavy atom. The minimum Gasteiger partial charge on any atom is -0.350 e. The normalized spacial score (nSPS) is 27.8. The van der Waals surface area contributed by atoms with Crippen LogP contribution in [-0.4, -0.2) is 46.7 Å². The lowest BCUT2D eigenvalue weighted by atomic mass is 9.83. The van der Waals surface area contributed by atoms with E-state index >= 15 is 0 Å². The number of carbonyl (C=O) groups is 1. The third-order valence-electron chi connectivity index (χ3n) is 6.27. The molecule has 3 heterocycles. The molecule has 0 aromatic carbocycles. The number of hydrogen-bond acceptors (Lipinski definition) is 3. The van der Waals surface area contributed by atoms with Crippen molar-refractivity contribution in [3.05, 3.63) is 17.0 Å². The Morgan fingerprint density at radius 1 is 1.08 bits per heavy atom. The fourth-order valence-corrected chi connectivity index (χ4v) is 4.97. The summed E-state index contributed by atoms with van der Waals surface area (Å²) in [6.07, 6.45) is 12.2. The molecule has 5 nitrogen and oxygen atoms in total. The van der Waals surface area contributed by atoms with Gasteiger partial charge in [0.15, 0.2) is 5.69 Å². The summed E-state index contributed by atoms with van der Waals surface area (Å²) < 4.78 is 0. The second kappa shape index (κ2) is 7.26. The topological polar surface area (TPSA) is 61.0 Å². The maximum Gasteiger partial charge on any atom is 0.272 e. The van der Waals surface area contributed by atoms with Crippen LogP contribution in [0.3, 0.4) is 0 Å². The number of aromatic amines is 1. The number of hydrogen-bond donors (Lipinski definition) is 2. The number of carbonyl (C=O) groups excluding carboxylic acids is 1. The lowest BCUT2D eigenvalue weighted by Crippen LogP contribution is -2.51. The first kappa shape index (κ1) is 16.1. The zero-order valence-corrected chi connectivity index (χ0v) is 14.6. The largest absolute Gasteiger partial charge is 0.350 e. The van der Waals surface area contributed by atoms with Crippen LogP contribution in [0.25, 0.3) is 0 Å². The van der Waals surface area contributed by atoms with Gasteiger partial charge in [-0.3, -0.25) is 9.89 Å². The summed E-state index contributed by atoms with van der Waals surface area (Å²) in [5.41, 5.74) is 3.02. The average molecular weight is 330 g/mol. The van der Waals surface area contributed by atoms with Gasteiger partial charge in [-0.2, -0.15) is 5.10 Å². The summed E-state index contributed by atoms with van der Waals surface area (Å²) in [4.78, 5) is 15.3. The minimum atomic E-state index is 0.0299. The molecule has 1 aliphatic carbocycles. The molecule has 2 atom stereocenters. The molecular weight excluding hydrogens is 300 g/mol. The molecule has 4 rings (SSSR count). The van der Waals surface area contributed by atoms with Gasteiger partial charge in [-0.25, -0.2) is 0 Å². The number of amides is 1. The molecule has 2 N–H and O–H groups in total. The molecule has 0 spiro atoms. The zero-order chi connectivity index (χ0) is 16.4. The van der Waals surface area contributed by atoms with Crippen LogP contribution in [0.15, 0.2) is 0 Å². The molecule has 24 heavy (non-hydrogen) atoms. The van der Waals surface area contributed by atoms with Crippen LogP contribution < -0.4 is 5.32 Å². The van der Waals surface area contributed by atoms with Crippen molar-refractivity contribution in [2.45, 2.75) is 70.3 Å². The summed E-state index contributed by atoms with van der Waals surface area (Å²) in [5, 5.41) is 10.7. The smallest absolute Gasteiger partial charge is 0.272 e. The Morgan fingerprint density at radius 3 is 2.92 bits per heavy atom. The summed E-state index contributed by atoms with van der Waals surface area (Å²) in [6.45, 7) is 3.31. The lowest BCUT2D eigenvalue weighted by Gasteiger charge is -2.44. The Hall–Kier alpha value is -1.36. The highest BCUT2D eigenvalue weighted by molar-refractivity contribution is 5.94. The van der Waals surface area contributed by atoms with Gasteiger partial charge in [-0.1, -0.05) is 12.8 Å². The minimum absolute atomic E-state index is 0.0299. The SMILES string of the molecule is O=C(NCC1CCCN2CCCCC12)c1n[nH]c2c1CCCCC2. The molecule has 5 heteroatoms. The third kappa shape index (κ3) is 3.23. The highest BCUT2D eigenvalue weighted by Gasteiger charge is 2.33. The van der Waals surface area contributed by atoms with Crippen LogP contribution in [-0.2, 0) is 12.8 Å². The van der Waals surface area contributed by atoms with Crippen molar-refractivity contribution >= 4 is 5.91 Å². The van der Waals surface area contributed by atoms with Crippen LogP contribution in [0.1, 0.15) is 73.1 Å². The molecule has 2 fully saturated rings. The first-order valence-electron chi connectivity index (χ1n) is 9.91. The van der Waals surface area contributed by atoms with E-state index in [1.54, 1.807) is 0 Å². The third-order valence-corrected chi connectivity index (χ3v) is 6.27. The van der Waals surface area contributed by atoms with Crippen LogP contribution in [0.4, 0.5) is 0 Å². The standard InChI is InChI=1S/C19H30N4O/c24-19(18-15-8-2-1-3-9-16(15)21-22-18)20-13-14-7-6-12-23-11-5-4-10-17(14)23/h14,17H,1-13H2,(H,20,24)(H,21,22). The second-order valence-electron chi connectivity index (χ2n) is 7.80. The molecule has 2 saturated heterocycles. The number of aryl methyl sites for hydroxylation is 1. The van der Waals surface area contributed by atoms with Crippen LogP contribution >= 0.6 is 0 Å². The van der Waals surface area contributed by atoms with Crippen molar-refractivity contribution in [2.24, 2.45) is 5.92 Å². The number of nitrogens with one attached hydrogen (secondary N) is 2. The van der Waals surface area contributed by atoms with Gasteiger partial charge < -0.3 is 10.2 Å². The van der Waals surface area contributed by atoms with Gasteiger partial charge in [-0.15, -0.1) is 0 Å². The maximum absolute atomic E-state index is 12.7. The number of H-pyrrole nitrogens is 1. The highest BCUT2D eigenvalue weighted by atomic mass is 16.1. The van der Waals surface area contributed by atoms with Crippen molar-refractivity contribution < 1.29 is 4.79 Å². The number of fused-ring (bicyclic) bond motifs is 2. The number of rotatable bonds is 3. The lowest BCUT2D eigenvalue weighted by molar-refractivity contribution is 0.0575. The molecule has 132 valence electrons. The van der Waals surface area contributed by atoms with E-state index in [2.05, 4.69) is 20.4 Å². The fraction of sp³-hybridized carbons (Fsp3) is 0.789. The van der Waals surface area contributed by atoms with Gasteiger partial charge in [0.05, 0.1) is 0 Å². The van der Waals surface area contributed by atoms with Crippen molar-refractivity contribution in [1.29, 1.82) is 0 Å². The van der Waals surface area contributed by atoms with E-state index in [1.165, 1.54) is 75.7 Å². The Labute approximate surface area is 144 Å². The molecular formula is C19H30N4O. The molecule has 2 unspecified atom stereocenters. The van der Waals surface area contributed by atoms with E-state index in [1.807, 2.05) is 0 Å². The van der Waals surface area contributed by atoms with Gasteiger partial charge in [-0.05, 0) is 70.4 Å². The van der Waals surface area contributed by atoms with Crippen molar-refractivity contribution in [2.75, 3.05) is 19.6 Å². The van der Waals surface area contributed by atoms with E-state index in [0.717, 1.165) is 19.4 Å². The second-order valence-corrected chi connectivity index (χ2v) is 7.80. The summed E-state index contributed by atoms with van der Waals surface area (Å²) in [7, 11) is 0. The van der Waals surface area contributed by atoms with Crippen molar-refractivity contribution in [3.8, 4) is 0 Å². The fourth-order valence-electron chi connectivity index (χ4n) is 4.97. The number of nitrogens with zero attached hydrogens (tertiary/aromatic N) is 2. The molecule has 0 radical (unpaired) electrons. The monoisotopic (exact) mass is 330 g/mol. The van der Waals surface area contributed by atoms with E-state index in [-0.39, 0.29) is 5.91 Å². The van der Waals surface area contributed by atoms with Gasteiger partial charge in [0, 0.05) is 23.8 Å². The van der Waals surface area contributed by atoms with E-state index in [4.69, 9.17) is 0 Å². The van der Waals surface area contributed by atoms with Crippen molar-refractivity contribution in [3.63, 3.8) is 0 Å². The summed E-state index contributed by atoms with van der Waals surface area (Å²) >= 11 is 0. The van der Waals surface area contributed by atoms with Crippen molar-refractivity contribution in [1.82, 2.24) is 20.4 Å². The molecule has 0 bridgehead atoms. The van der Waals surface area contributed by atoms with Gasteiger partial charge in [0.2, 0.25) is 0 Å².